The van der Waals surface area contributed by atoms with Crippen molar-refractivity contribution < 1.29 is 0 Å². The van der Waals surface area contributed by atoms with Crippen molar-refractivity contribution in [2.24, 2.45) is 0 Å². The molecule has 0 radical (unpaired) electrons. The van der Waals surface area contributed by atoms with Crippen LogP contribution in [0.25, 0.3) is 21.6 Å². The average Bonchev–Trinajstić information content (AvgIpc) is 2.96. The van der Waals surface area contributed by atoms with Gasteiger partial charge < -0.3 is 4.98 Å². The Morgan fingerprint density at radius 2 is 2.31 bits per heavy atom. The van der Waals surface area contributed by atoms with Gasteiger partial charge in [-0.05, 0) is 18.2 Å². The lowest BCUT2D eigenvalue weighted by Gasteiger charge is -1.95. The standard InChI is InChI=1S/C11H6N4S/c12-4-8-5-16-11(15-8)7-1-2-9-10(3-7)14-6-13-9/h1-3,5-6H,(H,13,14). The van der Waals surface area contributed by atoms with Gasteiger partial charge in [-0.3, -0.25) is 0 Å². The van der Waals surface area contributed by atoms with Crippen LogP contribution >= 0.6 is 11.3 Å². The molecular weight excluding hydrogens is 220 g/mol. The van der Waals surface area contributed by atoms with Crippen LogP contribution in [0.5, 0.6) is 0 Å². The van der Waals surface area contributed by atoms with Crippen LogP contribution in [-0.2, 0) is 0 Å². The molecule has 0 saturated carbocycles. The monoisotopic (exact) mass is 226 g/mol. The van der Waals surface area contributed by atoms with Crippen molar-refractivity contribution in [2.75, 3.05) is 0 Å². The van der Waals surface area contributed by atoms with Gasteiger partial charge in [-0.2, -0.15) is 5.26 Å². The van der Waals surface area contributed by atoms with Crippen LogP contribution in [0.1, 0.15) is 5.69 Å². The second-order valence-corrected chi connectivity index (χ2v) is 4.14. The van der Waals surface area contributed by atoms with E-state index in [1.165, 1.54) is 11.3 Å². The van der Waals surface area contributed by atoms with Gasteiger partial charge in [0, 0.05) is 10.9 Å². The lowest BCUT2D eigenvalue weighted by atomic mass is 10.2. The predicted octanol–water partition coefficient (Wildman–Crippen LogP) is 2.56. The van der Waals surface area contributed by atoms with Gasteiger partial charge in [0.25, 0.3) is 0 Å². The molecule has 0 aliphatic heterocycles. The Labute approximate surface area is 95.2 Å². The van der Waals surface area contributed by atoms with Gasteiger partial charge in [-0.15, -0.1) is 11.3 Å². The molecule has 1 aromatic carbocycles. The summed E-state index contributed by atoms with van der Waals surface area (Å²) in [4.78, 5) is 11.4. The fourth-order valence-electron chi connectivity index (χ4n) is 1.53. The molecular formula is C11H6N4S. The van der Waals surface area contributed by atoms with E-state index in [2.05, 4.69) is 15.0 Å². The lowest BCUT2D eigenvalue weighted by molar-refractivity contribution is 1.33. The van der Waals surface area contributed by atoms with Crippen molar-refractivity contribution in [1.29, 1.82) is 5.26 Å². The number of nitriles is 1. The molecule has 0 unspecified atom stereocenters. The molecule has 0 amide bonds. The third-order valence-corrected chi connectivity index (χ3v) is 3.18. The Morgan fingerprint density at radius 3 is 3.12 bits per heavy atom. The van der Waals surface area contributed by atoms with E-state index in [-0.39, 0.29) is 0 Å². The molecule has 0 aliphatic rings. The fourth-order valence-corrected chi connectivity index (χ4v) is 2.27. The lowest BCUT2D eigenvalue weighted by Crippen LogP contribution is -1.78. The maximum Gasteiger partial charge on any atom is 0.152 e. The highest BCUT2D eigenvalue weighted by Gasteiger charge is 2.05. The van der Waals surface area contributed by atoms with Gasteiger partial charge in [0.1, 0.15) is 11.1 Å². The Balaban J connectivity index is 2.14. The summed E-state index contributed by atoms with van der Waals surface area (Å²) in [7, 11) is 0. The molecule has 0 atom stereocenters. The number of fused-ring (bicyclic) bond motifs is 1. The van der Waals surface area contributed by atoms with Crippen molar-refractivity contribution in [3.05, 3.63) is 35.6 Å². The van der Waals surface area contributed by atoms with Crippen molar-refractivity contribution in [2.45, 2.75) is 0 Å². The summed E-state index contributed by atoms with van der Waals surface area (Å²) in [5.41, 5.74) is 3.37. The van der Waals surface area contributed by atoms with Crippen molar-refractivity contribution in [3.63, 3.8) is 0 Å². The molecule has 3 aromatic rings. The highest BCUT2D eigenvalue weighted by Crippen LogP contribution is 2.25. The Kier molecular flexibility index (Phi) is 1.95. The first-order valence-electron chi connectivity index (χ1n) is 4.66. The van der Waals surface area contributed by atoms with Gasteiger partial charge >= 0.3 is 0 Å². The van der Waals surface area contributed by atoms with Crippen LogP contribution in [0.15, 0.2) is 29.9 Å². The van der Waals surface area contributed by atoms with E-state index in [0.29, 0.717) is 5.69 Å². The van der Waals surface area contributed by atoms with E-state index in [9.17, 15) is 0 Å². The Hall–Kier alpha value is -2.19. The van der Waals surface area contributed by atoms with Crippen molar-refractivity contribution in [3.8, 4) is 16.6 Å². The molecule has 5 heteroatoms. The van der Waals surface area contributed by atoms with Crippen LogP contribution in [0, 0.1) is 11.3 Å². The summed E-state index contributed by atoms with van der Waals surface area (Å²) in [6.45, 7) is 0. The molecule has 76 valence electrons. The largest absolute Gasteiger partial charge is 0.345 e. The first kappa shape index (κ1) is 9.07. The van der Waals surface area contributed by atoms with E-state index in [0.717, 1.165) is 21.6 Å². The highest BCUT2D eigenvalue weighted by atomic mass is 32.1. The molecule has 0 spiro atoms. The van der Waals surface area contributed by atoms with E-state index in [4.69, 9.17) is 5.26 Å². The molecule has 4 nitrogen and oxygen atoms in total. The third kappa shape index (κ3) is 1.36. The summed E-state index contributed by atoms with van der Waals surface area (Å²) in [6, 6.07) is 7.92. The van der Waals surface area contributed by atoms with Crippen LogP contribution in [0.3, 0.4) is 0 Å². The summed E-state index contributed by atoms with van der Waals surface area (Å²) >= 11 is 1.47. The quantitative estimate of drug-likeness (QED) is 0.693. The number of hydrogen-bond donors (Lipinski definition) is 1. The zero-order valence-corrected chi connectivity index (χ0v) is 8.95. The molecule has 0 saturated heterocycles. The number of nitrogens with one attached hydrogen (secondary N) is 1. The van der Waals surface area contributed by atoms with Crippen molar-refractivity contribution in [1.82, 2.24) is 15.0 Å². The second-order valence-electron chi connectivity index (χ2n) is 3.28. The van der Waals surface area contributed by atoms with Crippen LogP contribution in [0.4, 0.5) is 0 Å². The number of nitrogens with zero attached hydrogens (tertiary/aromatic N) is 3. The summed E-state index contributed by atoms with van der Waals surface area (Å²) in [5.74, 6) is 0. The number of benzene rings is 1. The minimum Gasteiger partial charge on any atom is -0.345 e. The molecule has 2 aromatic heterocycles. The van der Waals surface area contributed by atoms with Crippen LogP contribution in [-0.4, -0.2) is 15.0 Å². The normalized spacial score (nSPS) is 10.4. The third-order valence-electron chi connectivity index (χ3n) is 2.29. The number of aromatic amines is 1. The van der Waals surface area contributed by atoms with Crippen molar-refractivity contribution >= 4 is 22.4 Å². The zero-order chi connectivity index (χ0) is 11.0. The topological polar surface area (TPSA) is 65.4 Å². The van der Waals surface area contributed by atoms with E-state index in [1.54, 1.807) is 11.7 Å². The number of imidazole rings is 1. The smallest absolute Gasteiger partial charge is 0.152 e. The highest BCUT2D eigenvalue weighted by molar-refractivity contribution is 7.13. The molecule has 1 N–H and O–H groups in total. The number of rotatable bonds is 1. The number of H-pyrrole nitrogens is 1. The van der Waals surface area contributed by atoms with Gasteiger partial charge in [-0.25, -0.2) is 9.97 Å². The average molecular weight is 226 g/mol. The van der Waals surface area contributed by atoms with E-state index < -0.39 is 0 Å². The van der Waals surface area contributed by atoms with E-state index >= 15 is 0 Å². The first-order valence-corrected chi connectivity index (χ1v) is 5.54. The maximum absolute atomic E-state index is 8.71. The summed E-state index contributed by atoms with van der Waals surface area (Å²) < 4.78 is 0. The summed E-state index contributed by atoms with van der Waals surface area (Å²) in [5, 5.41) is 11.3. The van der Waals surface area contributed by atoms with Crippen LogP contribution < -0.4 is 0 Å². The minimum absolute atomic E-state index is 0.463. The minimum atomic E-state index is 0.463. The number of thiazole rings is 1. The maximum atomic E-state index is 8.71. The zero-order valence-electron chi connectivity index (χ0n) is 8.14. The second kappa shape index (κ2) is 3.43. The van der Waals surface area contributed by atoms with Crippen LogP contribution in [0.2, 0.25) is 0 Å². The molecule has 0 fully saturated rings. The summed E-state index contributed by atoms with van der Waals surface area (Å²) in [6.07, 6.45) is 1.66. The van der Waals surface area contributed by atoms with Gasteiger partial charge in [0.2, 0.25) is 0 Å². The molecule has 3 rings (SSSR count). The SMILES string of the molecule is N#Cc1csc(-c2ccc3nc[nH]c3c2)n1. The van der Waals surface area contributed by atoms with Gasteiger partial charge in [0.05, 0.1) is 17.4 Å². The van der Waals surface area contributed by atoms with Gasteiger partial charge in [0.15, 0.2) is 5.69 Å². The molecule has 2 heterocycles. The Morgan fingerprint density at radius 1 is 1.38 bits per heavy atom. The number of hydrogen-bond acceptors (Lipinski definition) is 4. The molecule has 0 bridgehead atoms. The first-order chi connectivity index (χ1) is 7.86. The molecule has 16 heavy (non-hydrogen) atoms. The van der Waals surface area contributed by atoms with Gasteiger partial charge in [-0.1, -0.05) is 0 Å². The predicted molar refractivity (Wildman–Crippen MR) is 61.9 cm³/mol. The number of aromatic nitrogens is 3. The fraction of sp³-hybridized carbons (Fsp3) is 0. The Bertz CT molecular complexity index is 689. The molecule has 0 aliphatic carbocycles. The van der Waals surface area contributed by atoms with E-state index in [1.807, 2.05) is 24.3 Å².